The van der Waals surface area contributed by atoms with Crippen LogP contribution in [0.3, 0.4) is 0 Å². The quantitative estimate of drug-likeness (QED) is 0.751. The summed E-state index contributed by atoms with van der Waals surface area (Å²) in [5.41, 5.74) is 2.52. The van der Waals surface area contributed by atoms with Gasteiger partial charge in [-0.2, -0.15) is 0 Å². The number of pyridine rings is 1. The zero-order chi connectivity index (χ0) is 13.9. The van der Waals surface area contributed by atoms with Crippen molar-refractivity contribution in [1.82, 2.24) is 4.98 Å². The van der Waals surface area contributed by atoms with Gasteiger partial charge in [0.25, 0.3) is 0 Å². The second-order valence-electron chi connectivity index (χ2n) is 4.32. The molecule has 0 amide bonds. The zero-order valence-electron chi connectivity index (χ0n) is 10.4. The normalized spacial score (nSPS) is 12.2. The number of anilines is 1. The van der Waals surface area contributed by atoms with Crippen LogP contribution >= 0.6 is 0 Å². The van der Waals surface area contributed by atoms with Gasteiger partial charge in [-0.05, 0) is 29.3 Å². The summed E-state index contributed by atoms with van der Waals surface area (Å²) in [5, 5.41) is 1.71. The summed E-state index contributed by atoms with van der Waals surface area (Å²) in [4.78, 5) is 4.09. The lowest BCUT2D eigenvalue weighted by Gasteiger charge is -2.13. The van der Waals surface area contributed by atoms with Gasteiger partial charge in [0.15, 0.2) is 0 Å². The molecule has 0 aliphatic rings. The van der Waals surface area contributed by atoms with Crippen molar-refractivity contribution < 1.29 is 8.76 Å². The van der Waals surface area contributed by atoms with Gasteiger partial charge in [0.05, 0.1) is 5.69 Å². The van der Waals surface area contributed by atoms with Crippen molar-refractivity contribution in [2.45, 2.75) is 0 Å². The van der Waals surface area contributed by atoms with Gasteiger partial charge >= 0.3 is 0 Å². The maximum absolute atomic E-state index is 10.9. The summed E-state index contributed by atoms with van der Waals surface area (Å²) in [6.45, 7) is 0. The molecule has 2 aromatic carbocycles. The average Bonchev–Trinajstić information content (AvgIpc) is 2.47. The van der Waals surface area contributed by atoms with Gasteiger partial charge in [-0.25, -0.2) is 0 Å². The van der Waals surface area contributed by atoms with Crippen LogP contribution in [0.1, 0.15) is 0 Å². The lowest BCUT2D eigenvalue weighted by molar-refractivity contribution is 0.542. The molecule has 1 unspecified atom stereocenters. The first-order valence-electron chi connectivity index (χ1n) is 6.03. The Balaban J connectivity index is 2.22. The molecule has 0 saturated carbocycles. The summed E-state index contributed by atoms with van der Waals surface area (Å²) in [6.07, 6.45) is 3.37. The first-order chi connectivity index (χ1) is 9.74. The lowest BCUT2D eigenvalue weighted by atomic mass is 10.0. The lowest BCUT2D eigenvalue weighted by Crippen LogP contribution is -2.03. The molecule has 0 spiro atoms. The smallest absolute Gasteiger partial charge is 0.0538 e. The Hall–Kier alpha value is -2.24. The second kappa shape index (κ2) is 5.40. The van der Waals surface area contributed by atoms with Crippen LogP contribution in [0.4, 0.5) is 5.69 Å². The van der Waals surface area contributed by atoms with Crippen LogP contribution in [0.2, 0.25) is 0 Å². The third-order valence-corrected chi connectivity index (χ3v) is 3.44. The molecular weight excluding hydrogens is 272 g/mol. The zero-order valence-corrected chi connectivity index (χ0v) is 11.3. The van der Waals surface area contributed by atoms with Crippen LogP contribution in [0.15, 0.2) is 60.9 Å². The third kappa shape index (κ3) is 2.54. The summed E-state index contributed by atoms with van der Waals surface area (Å²) >= 11 is -2.36. The highest BCUT2D eigenvalue weighted by molar-refractivity contribution is 7.80. The summed E-state index contributed by atoms with van der Waals surface area (Å²) in [5.74, 6) is 0. The topological polar surface area (TPSA) is 65.0 Å². The molecule has 4 nitrogen and oxygen atoms in total. The number of aromatic nitrogens is 1. The molecule has 1 heterocycles. The Morgan fingerprint density at radius 1 is 1.05 bits per heavy atom. The van der Waals surface area contributed by atoms with Crippen molar-refractivity contribution in [3.05, 3.63) is 60.9 Å². The van der Waals surface area contributed by atoms with Crippen LogP contribution in [-0.4, -0.2) is 13.7 Å². The molecule has 0 fully saturated rings. The number of nitrogens with zero attached hydrogens (tertiary/aromatic N) is 1. The van der Waals surface area contributed by atoms with E-state index in [-0.39, 0.29) is 0 Å². The molecule has 3 rings (SSSR count). The van der Waals surface area contributed by atoms with E-state index in [4.69, 9.17) is 0 Å². The van der Waals surface area contributed by atoms with E-state index in [0.29, 0.717) is 5.69 Å². The first kappa shape index (κ1) is 12.8. The van der Waals surface area contributed by atoms with Crippen molar-refractivity contribution in [2.24, 2.45) is 0 Å². The van der Waals surface area contributed by atoms with Crippen LogP contribution < -0.4 is 4.72 Å². The molecular formula is C15H11N2O2S-. The fourth-order valence-corrected chi connectivity index (χ4v) is 2.53. The Labute approximate surface area is 118 Å². The summed E-state index contributed by atoms with van der Waals surface area (Å²) < 4.78 is 24.3. The molecule has 100 valence electrons. The van der Waals surface area contributed by atoms with Gasteiger partial charge in [-0.3, -0.25) is 9.19 Å². The minimum Gasteiger partial charge on any atom is -0.755 e. The summed E-state index contributed by atoms with van der Waals surface area (Å²) in [6, 6.07) is 15.4. The van der Waals surface area contributed by atoms with Crippen molar-refractivity contribution in [3.63, 3.8) is 0 Å². The fourth-order valence-electron chi connectivity index (χ4n) is 2.18. The predicted molar refractivity (Wildman–Crippen MR) is 79.7 cm³/mol. The van der Waals surface area contributed by atoms with Gasteiger partial charge in [-0.1, -0.05) is 30.3 Å². The molecule has 1 aromatic heterocycles. The summed E-state index contributed by atoms with van der Waals surface area (Å²) in [7, 11) is 0. The molecule has 0 aliphatic heterocycles. The molecule has 0 radical (unpaired) electrons. The van der Waals surface area contributed by atoms with E-state index >= 15 is 0 Å². The number of nitrogens with one attached hydrogen (secondary N) is 1. The largest absolute Gasteiger partial charge is 0.755 e. The Bertz CT molecular complexity index is 775. The van der Waals surface area contributed by atoms with Crippen molar-refractivity contribution in [2.75, 3.05) is 4.72 Å². The fraction of sp³-hybridized carbons (Fsp3) is 0. The van der Waals surface area contributed by atoms with Crippen LogP contribution in [-0.2, 0) is 11.3 Å². The standard InChI is InChI=1S/C15H12N2O2S/c18-20(19)17-15-9-12(11-4-2-1-3-5-11)8-13-10-16-7-6-14(13)15/h1-10,17H,(H,18,19)/p-1. The average molecular weight is 283 g/mol. The highest BCUT2D eigenvalue weighted by atomic mass is 32.2. The molecule has 0 aliphatic carbocycles. The van der Waals surface area contributed by atoms with Gasteiger partial charge in [0, 0.05) is 34.4 Å². The number of rotatable bonds is 3. The van der Waals surface area contributed by atoms with E-state index in [0.717, 1.165) is 21.9 Å². The number of benzene rings is 2. The molecule has 0 saturated heterocycles. The molecule has 1 atom stereocenters. The van der Waals surface area contributed by atoms with Crippen LogP contribution in [0, 0.1) is 0 Å². The van der Waals surface area contributed by atoms with Crippen LogP contribution in [0.5, 0.6) is 0 Å². The molecule has 0 bridgehead atoms. The van der Waals surface area contributed by atoms with E-state index in [1.54, 1.807) is 18.5 Å². The predicted octanol–water partition coefficient (Wildman–Crippen LogP) is 3.11. The third-order valence-electron chi connectivity index (χ3n) is 3.05. The van der Waals surface area contributed by atoms with E-state index < -0.39 is 11.3 Å². The van der Waals surface area contributed by atoms with E-state index in [1.807, 2.05) is 42.5 Å². The second-order valence-corrected chi connectivity index (χ2v) is 5.00. The van der Waals surface area contributed by atoms with Gasteiger partial charge < -0.3 is 9.27 Å². The SMILES string of the molecule is O=S([O-])Nc1cc(-c2ccccc2)cc2cnccc12. The van der Waals surface area contributed by atoms with E-state index in [1.165, 1.54) is 0 Å². The number of fused-ring (bicyclic) bond motifs is 1. The van der Waals surface area contributed by atoms with Crippen molar-refractivity contribution in [1.29, 1.82) is 0 Å². The van der Waals surface area contributed by atoms with Crippen LogP contribution in [0.25, 0.3) is 21.9 Å². The minimum absolute atomic E-state index is 0.553. The highest BCUT2D eigenvalue weighted by Gasteiger charge is 2.05. The number of hydrogen-bond acceptors (Lipinski definition) is 3. The Morgan fingerprint density at radius 3 is 2.60 bits per heavy atom. The Kier molecular flexibility index (Phi) is 3.45. The van der Waals surface area contributed by atoms with Gasteiger partial charge in [0.2, 0.25) is 0 Å². The molecule has 3 aromatic rings. The maximum Gasteiger partial charge on any atom is 0.0538 e. The molecule has 5 heteroatoms. The monoisotopic (exact) mass is 283 g/mol. The van der Waals surface area contributed by atoms with Crippen molar-refractivity contribution >= 4 is 27.7 Å². The first-order valence-corrected chi connectivity index (χ1v) is 7.10. The van der Waals surface area contributed by atoms with E-state index in [2.05, 4.69) is 9.71 Å². The highest BCUT2D eigenvalue weighted by Crippen LogP contribution is 2.30. The maximum atomic E-state index is 10.9. The minimum atomic E-state index is -2.36. The van der Waals surface area contributed by atoms with E-state index in [9.17, 15) is 8.76 Å². The van der Waals surface area contributed by atoms with Crippen molar-refractivity contribution in [3.8, 4) is 11.1 Å². The number of hydrogen-bond donors (Lipinski definition) is 1. The molecule has 1 N–H and O–H groups in total. The molecule has 20 heavy (non-hydrogen) atoms. The van der Waals surface area contributed by atoms with Gasteiger partial charge in [-0.15, -0.1) is 0 Å². The Morgan fingerprint density at radius 2 is 1.85 bits per heavy atom. The van der Waals surface area contributed by atoms with Gasteiger partial charge in [0.1, 0.15) is 0 Å².